The minimum absolute atomic E-state index is 0.0689. The molecule has 0 unspecified atom stereocenters. The number of Topliss-reactive ketones (excluding diaryl/α,β-unsaturated/α-hetero) is 1. The van der Waals surface area contributed by atoms with Crippen molar-refractivity contribution in [3.63, 3.8) is 0 Å². The van der Waals surface area contributed by atoms with Gasteiger partial charge in [0, 0.05) is 5.56 Å². The smallest absolute Gasteiger partial charge is 0.348 e. The Bertz CT molecular complexity index is 979. The largest absolute Gasteiger partial charge is 0.423 e. The fourth-order valence-electron chi connectivity index (χ4n) is 2.40. The van der Waals surface area contributed by atoms with Crippen LogP contribution in [-0.4, -0.2) is 21.5 Å². The van der Waals surface area contributed by atoms with Crippen LogP contribution in [0.25, 0.3) is 5.69 Å². The molecule has 0 radical (unpaired) electrons. The summed E-state index contributed by atoms with van der Waals surface area (Å²) in [5.41, 5.74) is 1.53. The first kappa shape index (κ1) is 17.8. The lowest BCUT2D eigenvalue weighted by Gasteiger charge is -2.05. The van der Waals surface area contributed by atoms with Crippen LogP contribution in [0.5, 0.6) is 5.75 Å². The molecule has 0 bridgehead atoms. The van der Waals surface area contributed by atoms with E-state index in [1.54, 1.807) is 19.1 Å². The fourth-order valence-corrected chi connectivity index (χ4v) is 2.75. The molecule has 0 spiro atoms. The van der Waals surface area contributed by atoms with E-state index in [0.29, 0.717) is 16.9 Å². The molecule has 0 atom stereocenters. The van der Waals surface area contributed by atoms with Crippen LogP contribution >= 0.6 is 11.6 Å². The molecule has 3 aromatic rings. The summed E-state index contributed by atoms with van der Waals surface area (Å²) >= 11 is 6.29. The second-order valence-electron chi connectivity index (χ2n) is 5.61. The van der Waals surface area contributed by atoms with Gasteiger partial charge in [0.1, 0.15) is 22.3 Å². The number of hydrogen-bond donors (Lipinski definition) is 0. The molecule has 1 heterocycles. The monoisotopic (exact) mass is 372 g/mol. The number of halogens is 2. The highest BCUT2D eigenvalue weighted by atomic mass is 35.5. The van der Waals surface area contributed by atoms with Gasteiger partial charge in [0.05, 0.1) is 11.4 Å². The minimum atomic E-state index is -0.670. The highest BCUT2D eigenvalue weighted by Crippen LogP contribution is 2.25. The Morgan fingerprint density at radius 3 is 2.27 bits per heavy atom. The standard InChI is InChI=1S/C19H14ClFN2O3/c1-11-17(18(20)23(22-11)15-7-5-14(21)6-8-15)19(25)26-16-9-3-13(4-10-16)12(2)24/h3-10H,1-2H3. The van der Waals surface area contributed by atoms with Crippen molar-refractivity contribution in [2.75, 3.05) is 0 Å². The normalized spacial score (nSPS) is 10.6. The van der Waals surface area contributed by atoms with Crippen LogP contribution in [0.2, 0.25) is 5.15 Å². The molecule has 0 aliphatic heterocycles. The average molecular weight is 373 g/mol. The average Bonchev–Trinajstić information content (AvgIpc) is 2.90. The molecule has 5 nitrogen and oxygen atoms in total. The van der Waals surface area contributed by atoms with Gasteiger partial charge in [-0.1, -0.05) is 11.6 Å². The quantitative estimate of drug-likeness (QED) is 0.387. The van der Waals surface area contributed by atoms with E-state index in [9.17, 15) is 14.0 Å². The highest BCUT2D eigenvalue weighted by molar-refractivity contribution is 6.33. The number of hydrogen-bond acceptors (Lipinski definition) is 4. The zero-order valence-electron chi connectivity index (χ0n) is 14.0. The maximum Gasteiger partial charge on any atom is 0.348 e. The Kier molecular flexibility index (Phi) is 4.86. The van der Waals surface area contributed by atoms with E-state index in [4.69, 9.17) is 16.3 Å². The maximum absolute atomic E-state index is 13.1. The van der Waals surface area contributed by atoms with Gasteiger partial charge in [0.15, 0.2) is 5.78 Å². The van der Waals surface area contributed by atoms with Gasteiger partial charge in [-0.2, -0.15) is 5.10 Å². The molecular weight excluding hydrogens is 359 g/mol. The van der Waals surface area contributed by atoms with E-state index < -0.39 is 5.97 Å². The van der Waals surface area contributed by atoms with Crippen LogP contribution in [0.15, 0.2) is 48.5 Å². The van der Waals surface area contributed by atoms with Crippen LogP contribution in [0.4, 0.5) is 4.39 Å². The van der Waals surface area contributed by atoms with Gasteiger partial charge < -0.3 is 4.74 Å². The van der Waals surface area contributed by atoms with Crippen molar-refractivity contribution in [2.45, 2.75) is 13.8 Å². The summed E-state index contributed by atoms with van der Waals surface area (Å²) in [7, 11) is 0. The molecule has 0 saturated carbocycles. The van der Waals surface area contributed by atoms with Crippen molar-refractivity contribution >= 4 is 23.4 Å². The van der Waals surface area contributed by atoms with Crippen LogP contribution in [0.1, 0.15) is 33.3 Å². The molecule has 0 saturated heterocycles. The number of aryl methyl sites for hydroxylation is 1. The number of rotatable bonds is 4. The molecule has 2 aromatic carbocycles. The first-order chi connectivity index (χ1) is 12.4. The van der Waals surface area contributed by atoms with Crippen LogP contribution < -0.4 is 4.74 Å². The van der Waals surface area contributed by atoms with Gasteiger partial charge >= 0.3 is 5.97 Å². The number of esters is 1. The van der Waals surface area contributed by atoms with Gasteiger partial charge in [-0.25, -0.2) is 13.9 Å². The Hall–Kier alpha value is -2.99. The number of ether oxygens (including phenoxy) is 1. The topological polar surface area (TPSA) is 61.2 Å². The maximum atomic E-state index is 13.1. The van der Waals surface area contributed by atoms with Gasteiger partial charge in [-0.15, -0.1) is 0 Å². The van der Waals surface area contributed by atoms with Crippen LogP contribution in [-0.2, 0) is 0 Å². The third-order valence-electron chi connectivity index (χ3n) is 3.75. The number of carbonyl (C=O) groups excluding carboxylic acids is 2. The minimum Gasteiger partial charge on any atom is -0.423 e. The molecule has 26 heavy (non-hydrogen) atoms. The van der Waals surface area contributed by atoms with Crippen molar-refractivity contribution in [1.29, 1.82) is 0 Å². The van der Waals surface area contributed by atoms with Crippen molar-refractivity contribution in [3.8, 4) is 11.4 Å². The number of carbonyl (C=O) groups is 2. The highest BCUT2D eigenvalue weighted by Gasteiger charge is 2.23. The Morgan fingerprint density at radius 1 is 1.08 bits per heavy atom. The molecular formula is C19H14ClFN2O3. The zero-order chi connectivity index (χ0) is 18.8. The summed E-state index contributed by atoms with van der Waals surface area (Å²) in [6, 6.07) is 11.8. The summed E-state index contributed by atoms with van der Waals surface area (Å²) in [5.74, 6) is -0.855. The van der Waals surface area contributed by atoms with Crippen molar-refractivity contribution in [2.24, 2.45) is 0 Å². The third-order valence-corrected chi connectivity index (χ3v) is 4.10. The van der Waals surface area contributed by atoms with Crippen LogP contribution in [0, 0.1) is 12.7 Å². The predicted octanol–water partition coefficient (Wildman–Crippen LogP) is 4.40. The van der Waals surface area contributed by atoms with Crippen molar-refractivity contribution in [3.05, 3.63) is 76.3 Å². The van der Waals surface area contributed by atoms with Gasteiger partial charge in [-0.05, 0) is 62.4 Å². The lowest BCUT2D eigenvalue weighted by atomic mass is 10.1. The molecule has 3 rings (SSSR count). The van der Waals surface area contributed by atoms with E-state index in [1.807, 2.05) is 0 Å². The zero-order valence-corrected chi connectivity index (χ0v) is 14.7. The summed E-state index contributed by atoms with van der Waals surface area (Å²) in [4.78, 5) is 23.8. The van der Waals surface area contributed by atoms with Gasteiger partial charge in [-0.3, -0.25) is 4.79 Å². The number of benzene rings is 2. The van der Waals surface area contributed by atoms with E-state index in [1.165, 1.54) is 48.0 Å². The third kappa shape index (κ3) is 3.50. The Morgan fingerprint density at radius 2 is 1.69 bits per heavy atom. The Labute approximate surface area is 154 Å². The van der Waals surface area contributed by atoms with E-state index in [2.05, 4.69) is 5.10 Å². The Balaban J connectivity index is 1.88. The predicted molar refractivity (Wildman–Crippen MR) is 94.7 cm³/mol. The fraction of sp³-hybridized carbons (Fsp3) is 0.105. The first-order valence-corrected chi connectivity index (χ1v) is 8.09. The first-order valence-electron chi connectivity index (χ1n) is 7.71. The van der Waals surface area contributed by atoms with E-state index >= 15 is 0 Å². The molecule has 0 amide bonds. The lowest BCUT2D eigenvalue weighted by molar-refractivity contribution is 0.0734. The molecule has 0 aliphatic carbocycles. The van der Waals surface area contributed by atoms with E-state index in [-0.39, 0.29) is 28.1 Å². The second kappa shape index (κ2) is 7.09. The molecule has 0 aliphatic rings. The number of aromatic nitrogens is 2. The van der Waals surface area contributed by atoms with Crippen molar-refractivity contribution in [1.82, 2.24) is 9.78 Å². The molecule has 0 fully saturated rings. The molecule has 7 heteroatoms. The number of nitrogens with zero attached hydrogens (tertiary/aromatic N) is 2. The summed E-state index contributed by atoms with van der Waals surface area (Å²) < 4.78 is 19.7. The summed E-state index contributed by atoms with van der Waals surface area (Å²) in [5, 5.41) is 4.30. The lowest BCUT2D eigenvalue weighted by Crippen LogP contribution is -2.10. The number of ketones is 1. The summed E-state index contributed by atoms with van der Waals surface area (Å²) in [6.07, 6.45) is 0. The molecule has 0 N–H and O–H groups in total. The van der Waals surface area contributed by atoms with Gasteiger partial charge in [0.25, 0.3) is 0 Å². The second-order valence-corrected chi connectivity index (χ2v) is 5.97. The van der Waals surface area contributed by atoms with Crippen molar-refractivity contribution < 1.29 is 18.7 Å². The molecule has 1 aromatic heterocycles. The molecule has 132 valence electrons. The van der Waals surface area contributed by atoms with Crippen LogP contribution in [0.3, 0.4) is 0 Å². The van der Waals surface area contributed by atoms with Gasteiger partial charge in [0.2, 0.25) is 0 Å². The van der Waals surface area contributed by atoms with E-state index in [0.717, 1.165) is 0 Å². The SMILES string of the molecule is CC(=O)c1ccc(OC(=O)c2c(C)nn(-c3ccc(F)cc3)c2Cl)cc1. The summed E-state index contributed by atoms with van der Waals surface area (Å²) in [6.45, 7) is 3.08.